The maximum Gasteiger partial charge on any atom is 0.306 e. The fourth-order valence-corrected chi connectivity index (χ4v) is 3.00. The molecule has 7 nitrogen and oxygen atoms in total. The van der Waals surface area contributed by atoms with Crippen LogP contribution >= 0.6 is 0 Å². The Morgan fingerprint density at radius 1 is 1.32 bits per heavy atom. The van der Waals surface area contributed by atoms with Gasteiger partial charge in [0.05, 0.1) is 19.3 Å². The first-order chi connectivity index (χ1) is 12.0. The van der Waals surface area contributed by atoms with Crippen LogP contribution in [-0.4, -0.2) is 59.6 Å². The van der Waals surface area contributed by atoms with Gasteiger partial charge >= 0.3 is 5.97 Å². The third kappa shape index (κ3) is 4.56. The van der Waals surface area contributed by atoms with E-state index in [1.807, 2.05) is 30.3 Å². The van der Waals surface area contributed by atoms with Crippen molar-refractivity contribution >= 4 is 5.97 Å². The van der Waals surface area contributed by atoms with E-state index in [0.717, 1.165) is 5.56 Å². The Morgan fingerprint density at radius 3 is 2.80 bits per heavy atom. The first-order valence-corrected chi connectivity index (χ1v) is 8.53. The van der Waals surface area contributed by atoms with E-state index in [4.69, 9.17) is 18.9 Å². The average molecular weight is 352 g/mol. The minimum Gasteiger partial charge on any atom is -0.454 e. The minimum atomic E-state index is -0.805. The molecule has 0 aliphatic carbocycles. The molecule has 6 atom stereocenters. The number of hydrogen-bond acceptors (Lipinski definition) is 7. The van der Waals surface area contributed by atoms with Gasteiger partial charge in [-0.25, -0.2) is 0 Å². The van der Waals surface area contributed by atoms with Crippen LogP contribution in [0.15, 0.2) is 30.3 Å². The van der Waals surface area contributed by atoms with Gasteiger partial charge < -0.3 is 29.2 Å². The van der Waals surface area contributed by atoms with E-state index in [1.54, 1.807) is 6.92 Å². The van der Waals surface area contributed by atoms with Gasteiger partial charge in [-0.2, -0.15) is 0 Å². The molecule has 3 rings (SSSR count). The van der Waals surface area contributed by atoms with Crippen molar-refractivity contribution < 1.29 is 34.0 Å². The number of benzene rings is 1. The number of hydrogen-bond donors (Lipinski definition) is 2. The zero-order valence-corrected chi connectivity index (χ0v) is 14.1. The largest absolute Gasteiger partial charge is 0.454 e. The molecular formula is C18H24O7. The van der Waals surface area contributed by atoms with Crippen LogP contribution in [0.4, 0.5) is 0 Å². The van der Waals surface area contributed by atoms with E-state index in [0.29, 0.717) is 13.0 Å². The number of aliphatic hydroxyl groups is 2. The molecule has 7 heteroatoms. The van der Waals surface area contributed by atoms with Gasteiger partial charge in [-0.1, -0.05) is 30.3 Å². The van der Waals surface area contributed by atoms with Gasteiger partial charge in [0.1, 0.15) is 18.3 Å². The first kappa shape index (κ1) is 18.3. The van der Waals surface area contributed by atoms with Crippen molar-refractivity contribution in [3.8, 4) is 0 Å². The molecule has 2 aliphatic rings. The molecule has 0 saturated carbocycles. The van der Waals surface area contributed by atoms with E-state index >= 15 is 0 Å². The summed E-state index contributed by atoms with van der Waals surface area (Å²) in [4.78, 5) is 12.0. The van der Waals surface area contributed by atoms with Crippen LogP contribution in [0.3, 0.4) is 0 Å². The third-order valence-electron chi connectivity index (χ3n) is 4.34. The number of ether oxygens (including phenoxy) is 4. The molecule has 1 aromatic rings. The van der Waals surface area contributed by atoms with Gasteiger partial charge in [0.15, 0.2) is 12.4 Å². The molecule has 138 valence electrons. The lowest BCUT2D eigenvalue weighted by Gasteiger charge is -2.22. The Morgan fingerprint density at radius 2 is 2.08 bits per heavy atom. The topological polar surface area (TPSA) is 94.5 Å². The summed E-state index contributed by atoms with van der Waals surface area (Å²) in [5, 5.41) is 19.2. The van der Waals surface area contributed by atoms with E-state index in [1.165, 1.54) is 0 Å². The molecule has 2 saturated heterocycles. The summed E-state index contributed by atoms with van der Waals surface area (Å²) in [5.74, 6) is -0.451. The monoisotopic (exact) mass is 352 g/mol. The highest BCUT2D eigenvalue weighted by Gasteiger charge is 2.54. The van der Waals surface area contributed by atoms with Gasteiger partial charge in [-0.15, -0.1) is 0 Å². The Labute approximate surface area is 146 Å². The Bertz CT molecular complexity index is 562. The van der Waals surface area contributed by atoms with Gasteiger partial charge in [-0.3, -0.25) is 4.79 Å². The third-order valence-corrected chi connectivity index (χ3v) is 4.34. The van der Waals surface area contributed by atoms with Crippen LogP contribution in [0.1, 0.15) is 25.3 Å². The smallest absolute Gasteiger partial charge is 0.306 e. The summed E-state index contributed by atoms with van der Waals surface area (Å²) >= 11 is 0. The van der Waals surface area contributed by atoms with Gasteiger partial charge in [0, 0.05) is 6.42 Å². The maximum absolute atomic E-state index is 12.0. The fourth-order valence-electron chi connectivity index (χ4n) is 3.00. The summed E-state index contributed by atoms with van der Waals surface area (Å²) in [6.45, 7) is 2.05. The number of aliphatic hydroxyl groups excluding tert-OH is 2. The highest BCUT2D eigenvalue weighted by atomic mass is 16.7. The van der Waals surface area contributed by atoms with Crippen molar-refractivity contribution in [2.24, 2.45) is 0 Å². The highest BCUT2D eigenvalue weighted by molar-refractivity contribution is 5.69. The van der Waals surface area contributed by atoms with E-state index in [9.17, 15) is 15.0 Å². The van der Waals surface area contributed by atoms with Crippen LogP contribution in [0.2, 0.25) is 0 Å². The zero-order valence-electron chi connectivity index (χ0n) is 14.1. The molecule has 0 bridgehead atoms. The number of carbonyl (C=O) groups excluding carboxylic acids is 1. The van der Waals surface area contributed by atoms with Crippen LogP contribution in [0.5, 0.6) is 0 Å². The first-order valence-electron chi connectivity index (χ1n) is 8.53. The molecule has 2 heterocycles. The van der Waals surface area contributed by atoms with Crippen molar-refractivity contribution in [3.05, 3.63) is 35.9 Å². The number of esters is 1. The second kappa shape index (κ2) is 8.25. The van der Waals surface area contributed by atoms with Crippen molar-refractivity contribution in [2.45, 2.75) is 63.2 Å². The predicted molar refractivity (Wildman–Crippen MR) is 86.4 cm³/mol. The second-order valence-corrected chi connectivity index (χ2v) is 6.47. The standard InChI is InChI=1S/C18H24O7/c1-11(19)7-8-14(21)24-17-16-15(13(20)10-22-16)25-18(17)23-9-12-5-3-2-4-6-12/h2-6,11,13,15-20H,7-10H2,1H3/t11?,13-,15-,16+,17-,18+/m1/s1. The molecule has 2 fully saturated rings. The van der Waals surface area contributed by atoms with Crippen LogP contribution in [0, 0.1) is 0 Å². The minimum absolute atomic E-state index is 0.0967. The molecule has 25 heavy (non-hydrogen) atoms. The van der Waals surface area contributed by atoms with Gasteiger partial charge in [-0.05, 0) is 18.9 Å². The second-order valence-electron chi connectivity index (χ2n) is 6.47. The van der Waals surface area contributed by atoms with E-state index < -0.39 is 42.8 Å². The van der Waals surface area contributed by atoms with Gasteiger partial charge in [0.25, 0.3) is 0 Å². The summed E-state index contributed by atoms with van der Waals surface area (Å²) in [6.07, 6.45) is -3.60. The molecule has 0 aromatic heterocycles. The fraction of sp³-hybridized carbons (Fsp3) is 0.611. The molecular weight excluding hydrogens is 328 g/mol. The Balaban J connectivity index is 1.61. The lowest BCUT2D eigenvalue weighted by Crippen LogP contribution is -2.38. The van der Waals surface area contributed by atoms with Crippen molar-refractivity contribution in [1.29, 1.82) is 0 Å². The average Bonchev–Trinajstić information content (AvgIpc) is 3.12. The summed E-state index contributed by atoms with van der Waals surface area (Å²) in [7, 11) is 0. The van der Waals surface area contributed by atoms with Crippen molar-refractivity contribution in [2.75, 3.05) is 6.61 Å². The van der Waals surface area contributed by atoms with Crippen LogP contribution in [-0.2, 0) is 30.3 Å². The molecule has 0 spiro atoms. The number of fused-ring (bicyclic) bond motifs is 1. The zero-order chi connectivity index (χ0) is 17.8. The maximum atomic E-state index is 12.0. The van der Waals surface area contributed by atoms with Crippen LogP contribution in [0.25, 0.3) is 0 Å². The molecule has 2 aliphatic heterocycles. The Kier molecular flexibility index (Phi) is 6.03. The molecule has 0 amide bonds. The van der Waals surface area contributed by atoms with Crippen molar-refractivity contribution in [3.63, 3.8) is 0 Å². The number of carbonyl (C=O) groups is 1. The molecule has 2 N–H and O–H groups in total. The summed E-state index contributed by atoms with van der Waals surface area (Å²) in [6, 6.07) is 9.57. The van der Waals surface area contributed by atoms with E-state index in [-0.39, 0.29) is 13.0 Å². The lowest BCUT2D eigenvalue weighted by atomic mass is 10.1. The van der Waals surface area contributed by atoms with E-state index in [2.05, 4.69) is 0 Å². The highest BCUT2D eigenvalue weighted by Crippen LogP contribution is 2.34. The molecule has 1 aromatic carbocycles. The van der Waals surface area contributed by atoms with Crippen LogP contribution < -0.4 is 0 Å². The summed E-state index contributed by atoms with van der Waals surface area (Å²) in [5.41, 5.74) is 0.962. The normalized spacial score (nSPS) is 32.4. The lowest BCUT2D eigenvalue weighted by molar-refractivity contribution is -0.202. The van der Waals surface area contributed by atoms with Crippen molar-refractivity contribution in [1.82, 2.24) is 0 Å². The quantitative estimate of drug-likeness (QED) is 0.700. The number of rotatable bonds is 7. The molecule has 0 radical (unpaired) electrons. The van der Waals surface area contributed by atoms with Gasteiger partial charge in [0.2, 0.25) is 0 Å². The SMILES string of the molecule is CC(O)CCC(=O)O[C@H]1[C@@H](OCc2ccccc2)O[C@H]2[C@@H]1OC[C@H]2O. The predicted octanol–water partition coefficient (Wildman–Crippen LogP) is 0.761. The Hall–Kier alpha value is -1.51. The molecule has 1 unspecified atom stereocenters. The summed E-state index contributed by atoms with van der Waals surface area (Å²) < 4.78 is 22.5.